The molecule has 194 valence electrons. The van der Waals surface area contributed by atoms with E-state index >= 15 is 0 Å². The van der Waals surface area contributed by atoms with Crippen molar-refractivity contribution in [3.05, 3.63) is 76.7 Å². The number of aromatic nitrogens is 1. The molecule has 2 aliphatic rings. The number of sulfonamides is 1. The zero-order valence-electron chi connectivity index (χ0n) is 20.5. The van der Waals surface area contributed by atoms with E-state index in [2.05, 4.69) is 5.16 Å². The van der Waals surface area contributed by atoms with Gasteiger partial charge in [-0.25, -0.2) is 17.2 Å². The molecule has 10 heteroatoms. The standard InChI is InChI=1S/C27H27F2N3O4S/c1-17-15-21-5-3-4-6-24(21)32(17)27(33)20-11-13-31(14-12-20)37(34,35)26-18(2)30-36-25(26)10-8-19-7-9-22(28)16-23(19)29/h3-10,16-17,20H,11-15H2,1-2H3/b10-8+. The highest BCUT2D eigenvalue weighted by atomic mass is 32.2. The predicted molar refractivity (Wildman–Crippen MR) is 135 cm³/mol. The Hall–Kier alpha value is -3.37. The van der Waals surface area contributed by atoms with Crippen molar-refractivity contribution < 1.29 is 26.5 Å². The van der Waals surface area contributed by atoms with Crippen LogP contribution in [0.2, 0.25) is 0 Å². The lowest BCUT2D eigenvalue weighted by molar-refractivity contribution is -0.123. The minimum Gasteiger partial charge on any atom is -0.355 e. The van der Waals surface area contributed by atoms with Crippen LogP contribution >= 0.6 is 0 Å². The minimum atomic E-state index is -3.98. The van der Waals surface area contributed by atoms with Gasteiger partial charge in [-0.1, -0.05) is 23.4 Å². The van der Waals surface area contributed by atoms with E-state index in [1.165, 1.54) is 29.4 Å². The second-order valence-corrected chi connectivity index (χ2v) is 11.4. The van der Waals surface area contributed by atoms with Gasteiger partial charge in [-0.3, -0.25) is 4.79 Å². The Balaban J connectivity index is 1.31. The summed E-state index contributed by atoms with van der Waals surface area (Å²) in [4.78, 5) is 15.2. The fourth-order valence-electron chi connectivity index (χ4n) is 5.17. The number of carbonyl (C=O) groups is 1. The number of aryl methyl sites for hydroxylation is 1. The zero-order chi connectivity index (χ0) is 26.3. The Bertz CT molecular complexity index is 1480. The first-order valence-electron chi connectivity index (χ1n) is 12.2. The van der Waals surface area contributed by atoms with Crippen LogP contribution < -0.4 is 4.90 Å². The van der Waals surface area contributed by atoms with E-state index in [0.717, 1.165) is 29.8 Å². The maximum atomic E-state index is 14.0. The van der Waals surface area contributed by atoms with Gasteiger partial charge in [-0.05, 0) is 69.0 Å². The van der Waals surface area contributed by atoms with Gasteiger partial charge in [0.1, 0.15) is 17.3 Å². The highest BCUT2D eigenvalue weighted by molar-refractivity contribution is 7.89. The summed E-state index contributed by atoms with van der Waals surface area (Å²) in [6.07, 6.45) is 4.24. The molecule has 0 saturated carbocycles. The Morgan fingerprint density at radius 3 is 2.57 bits per heavy atom. The molecule has 2 aliphatic heterocycles. The quantitative estimate of drug-likeness (QED) is 0.476. The fraction of sp³-hybridized carbons (Fsp3) is 0.333. The van der Waals surface area contributed by atoms with Crippen LogP contribution in [0.3, 0.4) is 0 Å². The molecule has 0 spiro atoms. The second kappa shape index (κ2) is 9.83. The second-order valence-electron chi connectivity index (χ2n) is 9.53. The van der Waals surface area contributed by atoms with Gasteiger partial charge in [0, 0.05) is 42.4 Å². The highest BCUT2D eigenvalue weighted by Gasteiger charge is 2.39. The lowest BCUT2D eigenvalue weighted by atomic mass is 9.96. The maximum Gasteiger partial charge on any atom is 0.248 e. The van der Waals surface area contributed by atoms with Crippen LogP contribution in [0.1, 0.15) is 42.3 Å². The molecule has 1 atom stereocenters. The van der Waals surface area contributed by atoms with Crippen LogP contribution in [-0.2, 0) is 21.2 Å². The molecular formula is C27H27F2N3O4S. The molecule has 1 unspecified atom stereocenters. The van der Waals surface area contributed by atoms with Gasteiger partial charge in [0.2, 0.25) is 15.9 Å². The third kappa shape index (κ3) is 4.71. The number of fused-ring (bicyclic) bond motifs is 1. The number of para-hydroxylation sites is 1. The summed E-state index contributed by atoms with van der Waals surface area (Å²) in [7, 11) is -3.98. The SMILES string of the molecule is Cc1noc(/C=C/c2ccc(F)cc2F)c1S(=O)(=O)N1CCC(C(=O)N2c3ccccc3CC2C)CC1. The minimum absolute atomic E-state index is 0.0283. The molecular weight excluding hydrogens is 500 g/mol. The number of piperidine rings is 1. The third-order valence-corrected chi connectivity index (χ3v) is 9.11. The van der Waals surface area contributed by atoms with Crippen molar-refractivity contribution in [1.29, 1.82) is 0 Å². The molecule has 0 bridgehead atoms. The number of hydrogen-bond acceptors (Lipinski definition) is 5. The Morgan fingerprint density at radius 2 is 1.84 bits per heavy atom. The number of carbonyl (C=O) groups excluding carboxylic acids is 1. The average molecular weight is 528 g/mol. The van der Waals surface area contributed by atoms with Gasteiger partial charge >= 0.3 is 0 Å². The number of anilines is 1. The van der Waals surface area contributed by atoms with Crippen molar-refractivity contribution in [3.8, 4) is 0 Å². The average Bonchev–Trinajstić information content (AvgIpc) is 3.42. The lowest BCUT2D eigenvalue weighted by Gasteiger charge is -2.34. The van der Waals surface area contributed by atoms with Gasteiger partial charge < -0.3 is 9.42 Å². The largest absolute Gasteiger partial charge is 0.355 e. The number of amides is 1. The zero-order valence-corrected chi connectivity index (χ0v) is 21.3. The lowest BCUT2D eigenvalue weighted by Crippen LogP contribution is -2.46. The van der Waals surface area contributed by atoms with Crippen molar-refractivity contribution in [2.75, 3.05) is 18.0 Å². The summed E-state index contributed by atoms with van der Waals surface area (Å²) in [5.74, 6) is -1.77. The first kappa shape index (κ1) is 25.3. The van der Waals surface area contributed by atoms with Crippen LogP contribution in [0.25, 0.3) is 12.2 Å². The molecule has 1 aromatic heterocycles. The Labute approximate surface area is 214 Å². The first-order valence-corrected chi connectivity index (χ1v) is 13.6. The predicted octanol–water partition coefficient (Wildman–Crippen LogP) is 4.81. The summed E-state index contributed by atoms with van der Waals surface area (Å²) in [5.41, 5.74) is 2.34. The molecule has 2 aromatic carbocycles. The van der Waals surface area contributed by atoms with Gasteiger partial charge in [-0.2, -0.15) is 4.31 Å². The fourth-order valence-corrected chi connectivity index (χ4v) is 6.89. The van der Waals surface area contributed by atoms with E-state index < -0.39 is 21.7 Å². The first-order chi connectivity index (χ1) is 17.7. The number of nitrogens with zero attached hydrogens (tertiary/aromatic N) is 3. The molecule has 1 fully saturated rings. The molecule has 3 heterocycles. The molecule has 5 rings (SSSR count). The molecule has 0 N–H and O–H groups in total. The van der Waals surface area contributed by atoms with Crippen LogP contribution in [0.5, 0.6) is 0 Å². The summed E-state index contributed by atoms with van der Waals surface area (Å²) in [6, 6.07) is 11.0. The van der Waals surface area contributed by atoms with Gasteiger partial charge in [0.15, 0.2) is 10.7 Å². The summed E-state index contributed by atoms with van der Waals surface area (Å²) in [5, 5.41) is 3.81. The molecule has 0 aliphatic carbocycles. The van der Waals surface area contributed by atoms with Crippen molar-refractivity contribution in [2.24, 2.45) is 5.92 Å². The molecule has 37 heavy (non-hydrogen) atoms. The molecule has 3 aromatic rings. The van der Waals surface area contributed by atoms with Crippen molar-refractivity contribution in [3.63, 3.8) is 0 Å². The van der Waals surface area contributed by atoms with Crippen molar-refractivity contribution in [2.45, 2.75) is 44.0 Å². The van der Waals surface area contributed by atoms with E-state index in [1.807, 2.05) is 36.1 Å². The van der Waals surface area contributed by atoms with E-state index in [0.29, 0.717) is 12.8 Å². The summed E-state index contributed by atoms with van der Waals surface area (Å²) >= 11 is 0. The highest BCUT2D eigenvalue weighted by Crippen LogP contribution is 2.36. The summed E-state index contributed by atoms with van der Waals surface area (Å²) < 4.78 is 60.8. The topological polar surface area (TPSA) is 83.7 Å². The van der Waals surface area contributed by atoms with Crippen LogP contribution in [-0.4, -0.2) is 42.9 Å². The van der Waals surface area contributed by atoms with Gasteiger partial charge in [0.05, 0.1) is 0 Å². The van der Waals surface area contributed by atoms with Crippen molar-refractivity contribution >= 4 is 33.8 Å². The van der Waals surface area contributed by atoms with E-state index in [1.54, 1.807) is 0 Å². The Kier molecular flexibility index (Phi) is 6.72. The van der Waals surface area contributed by atoms with Crippen molar-refractivity contribution in [1.82, 2.24) is 9.46 Å². The van der Waals surface area contributed by atoms with E-state index in [-0.39, 0.29) is 52.9 Å². The van der Waals surface area contributed by atoms with Crippen LogP contribution in [0, 0.1) is 24.5 Å². The van der Waals surface area contributed by atoms with Gasteiger partial charge in [0.25, 0.3) is 0 Å². The normalized spacial score (nSPS) is 19.0. The number of halogens is 2. The monoisotopic (exact) mass is 527 g/mol. The third-order valence-electron chi connectivity index (χ3n) is 7.06. The number of hydrogen-bond donors (Lipinski definition) is 0. The molecule has 1 saturated heterocycles. The van der Waals surface area contributed by atoms with E-state index in [9.17, 15) is 22.0 Å². The van der Waals surface area contributed by atoms with E-state index in [4.69, 9.17) is 4.52 Å². The van der Waals surface area contributed by atoms with Crippen LogP contribution in [0.15, 0.2) is 51.9 Å². The molecule has 1 amide bonds. The summed E-state index contributed by atoms with van der Waals surface area (Å²) in [6.45, 7) is 3.92. The van der Waals surface area contributed by atoms with Gasteiger partial charge in [-0.15, -0.1) is 0 Å². The number of rotatable bonds is 5. The molecule has 0 radical (unpaired) electrons. The smallest absolute Gasteiger partial charge is 0.248 e. The Morgan fingerprint density at radius 1 is 1.11 bits per heavy atom. The van der Waals surface area contributed by atoms with Crippen LogP contribution in [0.4, 0.5) is 14.5 Å². The molecule has 7 nitrogen and oxygen atoms in total. The maximum absolute atomic E-state index is 14.0. The number of benzene rings is 2.